The van der Waals surface area contributed by atoms with Crippen molar-refractivity contribution in [1.29, 1.82) is 5.26 Å². The Morgan fingerprint density at radius 1 is 1.69 bits per heavy atom. The zero-order chi connectivity index (χ0) is 12.1. The Labute approximate surface area is 94.2 Å². The molecule has 0 aliphatic carbocycles. The average Bonchev–Trinajstić information content (AvgIpc) is 2.68. The van der Waals surface area contributed by atoms with Crippen LogP contribution in [0.1, 0.15) is 22.6 Å². The number of aryl methyl sites for hydroxylation is 1. The molecule has 0 fully saturated rings. The molecule has 16 heavy (non-hydrogen) atoms. The van der Waals surface area contributed by atoms with E-state index >= 15 is 0 Å². The second-order valence-electron chi connectivity index (χ2n) is 3.56. The maximum absolute atomic E-state index is 11.8. The molecule has 0 aliphatic rings. The van der Waals surface area contributed by atoms with Gasteiger partial charge < -0.3 is 10.6 Å². The molecule has 0 aromatic carbocycles. The van der Waals surface area contributed by atoms with E-state index in [1.165, 1.54) is 9.58 Å². The molecule has 0 saturated heterocycles. The van der Waals surface area contributed by atoms with Crippen LogP contribution >= 0.6 is 0 Å². The number of carbonyl (C=O) groups excluding carboxylic acids is 1. The highest BCUT2D eigenvalue weighted by molar-refractivity contribution is 5.92. The summed E-state index contributed by atoms with van der Waals surface area (Å²) >= 11 is 0. The van der Waals surface area contributed by atoms with Crippen LogP contribution < -0.4 is 5.73 Å². The van der Waals surface area contributed by atoms with Crippen molar-refractivity contribution in [3.05, 3.63) is 17.5 Å². The van der Waals surface area contributed by atoms with Crippen molar-refractivity contribution in [2.75, 3.05) is 14.1 Å². The highest BCUT2D eigenvalue weighted by Crippen LogP contribution is 2.07. The lowest BCUT2D eigenvalue weighted by Gasteiger charge is -2.10. The van der Waals surface area contributed by atoms with Gasteiger partial charge in [0.1, 0.15) is 5.69 Å². The van der Waals surface area contributed by atoms with Gasteiger partial charge in [0, 0.05) is 20.6 Å². The third-order valence-corrected chi connectivity index (χ3v) is 2.10. The topological polar surface area (TPSA) is 87.9 Å². The lowest BCUT2D eigenvalue weighted by atomic mass is 10.3. The van der Waals surface area contributed by atoms with E-state index in [9.17, 15) is 4.79 Å². The molecule has 0 saturated carbocycles. The van der Waals surface area contributed by atoms with Crippen molar-refractivity contribution < 1.29 is 4.79 Å². The molecule has 1 aromatic heterocycles. The first-order valence-corrected chi connectivity index (χ1v) is 4.95. The minimum atomic E-state index is -0.134. The van der Waals surface area contributed by atoms with E-state index in [1.807, 2.05) is 6.07 Å². The van der Waals surface area contributed by atoms with Crippen molar-refractivity contribution in [2.24, 2.45) is 5.73 Å². The summed E-state index contributed by atoms with van der Waals surface area (Å²) in [6, 6.07) is 3.69. The maximum Gasteiger partial charge on any atom is 0.271 e. The molecule has 0 atom stereocenters. The molecule has 1 rings (SSSR count). The van der Waals surface area contributed by atoms with Crippen molar-refractivity contribution in [3.8, 4) is 6.07 Å². The zero-order valence-electron chi connectivity index (χ0n) is 9.47. The molecule has 0 radical (unpaired) electrons. The van der Waals surface area contributed by atoms with E-state index < -0.39 is 0 Å². The van der Waals surface area contributed by atoms with Gasteiger partial charge in [0.25, 0.3) is 5.91 Å². The van der Waals surface area contributed by atoms with Crippen LogP contribution in [0.15, 0.2) is 6.07 Å². The molecular formula is C10H15N5O. The molecule has 6 heteroatoms. The average molecular weight is 221 g/mol. The van der Waals surface area contributed by atoms with E-state index in [0.29, 0.717) is 24.4 Å². The number of hydrogen-bond acceptors (Lipinski definition) is 4. The van der Waals surface area contributed by atoms with Gasteiger partial charge in [0.15, 0.2) is 0 Å². The molecule has 86 valence electrons. The molecule has 6 nitrogen and oxygen atoms in total. The fourth-order valence-electron chi connectivity index (χ4n) is 1.30. The molecule has 0 unspecified atom stereocenters. The predicted molar refractivity (Wildman–Crippen MR) is 58.4 cm³/mol. The van der Waals surface area contributed by atoms with Crippen LogP contribution in [0.3, 0.4) is 0 Å². The lowest BCUT2D eigenvalue weighted by molar-refractivity contribution is 0.0815. The number of amides is 1. The summed E-state index contributed by atoms with van der Waals surface area (Å²) in [5, 5.41) is 12.7. The van der Waals surface area contributed by atoms with Crippen LogP contribution in [0.25, 0.3) is 0 Å². The van der Waals surface area contributed by atoms with Gasteiger partial charge in [-0.2, -0.15) is 10.4 Å². The van der Waals surface area contributed by atoms with Crippen LogP contribution in [-0.4, -0.2) is 34.7 Å². The van der Waals surface area contributed by atoms with Crippen molar-refractivity contribution in [1.82, 2.24) is 14.7 Å². The Morgan fingerprint density at radius 2 is 2.38 bits per heavy atom. The van der Waals surface area contributed by atoms with Gasteiger partial charge in [-0.05, 0) is 6.07 Å². The summed E-state index contributed by atoms with van der Waals surface area (Å²) in [7, 11) is 3.35. The summed E-state index contributed by atoms with van der Waals surface area (Å²) in [5.74, 6) is -0.134. The minimum absolute atomic E-state index is 0.134. The first-order valence-electron chi connectivity index (χ1n) is 4.95. The monoisotopic (exact) mass is 221 g/mol. The van der Waals surface area contributed by atoms with Crippen LogP contribution in [0, 0.1) is 11.3 Å². The number of hydrogen-bond donors (Lipinski definition) is 1. The van der Waals surface area contributed by atoms with Crippen molar-refractivity contribution >= 4 is 5.91 Å². The molecular weight excluding hydrogens is 206 g/mol. The van der Waals surface area contributed by atoms with E-state index in [0.717, 1.165) is 0 Å². The Kier molecular flexibility index (Phi) is 4.03. The summed E-state index contributed by atoms with van der Waals surface area (Å²) in [5.41, 5.74) is 6.60. The lowest BCUT2D eigenvalue weighted by Crippen LogP contribution is -2.25. The summed E-state index contributed by atoms with van der Waals surface area (Å²) in [6.45, 7) is 0.693. The van der Waals surface area contributed by atoms with Crippen LogP contribution in [0.4, 0.5) is 0 Å². The SMILES string of the molecule is CN(C)C(=O)c1cc(CN)nn1CCC#N. The van der Waals surface area contributed by atoms with Gasteiger partial charge in [0.05, 0.1) is 24.7 Å². The Morgan fingerprint density at radius 3 is 2.88 bits per heavy atom. The van der Waals surface area contributed by atoms with E-state index in [4.69, 9.17) is 11.0 Å². The fourth-order valence-corrected chi connectivity index (χ4v) is 1.30. The summed E-state index contributed by atoms with van der Waals surface area (Å²) in [4.78, 5) is 13.3. The predicted octanol–water partition coefficient (Wildman–Crippen LogP) is -0.0427. The third-order valence-electron chi connectivity index (χ3n) is 2.10. The molecule has 1 heterocycles. The van der Waals surface area contributed by atoms with Crippen molar-refractivity contribution in [2.45, 2.75) is 19.5 Å². The Hall–Kier alpha value is -1.87. The highest BCUT2D eigenvalue weighted by Gasteiger charge is 2.16. The van der Waals surface area contributed by atoms with E-state index in [2.05, 4.69) is 5.10 Å². The van der Waals surface area contributed by atoms with Gasteiger partial charge in [-0.25, -0.2) is 0 Å². The van der Waals surface area contributed by atoms with Crippen LogP contribution in [0.5, 0.6) is 0 Å². The Bertz CT molecular complexity index is 415. The zero-order valence-corrected chi connectivity index (χ0v) is 9.47. The largest absolute Gasteiger partial charge is 0.343 e. The first kappa shape index (κ1) is 12.2. The van der Waals surface area contributed by atoms with Crippen LogP contribution in [-0.2, 0) is 13.1 Å². The highest BCUT2D eigenvalue weighted by atomic mass is 16.2. The molecule has 1 amide bonds. The molecule has 0 spiro atoms. The smallest absolute Gasteiger partial charge is 0.271 e. The Balaban J connectivity index is 3.01. The maximum atomic E-state index is 11.8. The molecule has 0 bridgehead atoms. The van der Waals surface area contributed by atoms with Crippen LogP contribution in [0.2, 0.25) is 0 Å². The number of rotatable bonds is 4. The normalized spacial score (nSPS) is 9.88. The number of aromatic nitrogens is 2. The summed E-state index contributed by atoms with van der Waals surface area (Å²) in [6.07, 6.45) is 0.319. The fraction of sp³-hybridized carbons (Fsp3) is 0.500. The third kappa shape index (κ3) is 2.58. The molecule has 0 aliphatic heterocycles. The number of nitrogens with two attached hydrogens (primary N) is 1. The van der Waals surface area contributed by atoms with Gasteiger partial charge in [-0.1, -0.05) is 0 Å². The van der Waals surface area contributed by atoms with E-state index in [1.54, 1.807) is 20.2 Å². The van der Waals surface area contributed by atoms with Gasteiger partial charge >= 0.3 is 0 Å². The van der Waals surface area contributed by atoms with E-state index in [-0.39, 0.29) is 12.5 Å². The van der Waals surface area contributed by atoms with Gasteiger partial charge in [-0.3, -0.25) is 9.48 Å². The second kappa shape index (κ2) is 5.28. The van der Waals surface area contributed by atoms with Gasteiger partial charge in [-0.15, -0.1) is 0 Å². The van der Waals surface area contributed by atoms with Gasteiger partial charge in [0.2, 0.25) is 0 Å². The number of nitrogens with zero attached hydrogens (tertiary/aromatic N) is 4. The quantitative estimate of drug-likeness (QED) is 0.772. The number of carbonyl (C=O) groups is 1. The standard InChI is InChI=1S/C10H15N5O/c1-14(2)10(16)9-6-8(7-12)13-15(9)5-3-4-11/h6H,3,5,7,12H2,1-2H3. The summed E-state index contributed by atoms with van der Waals surface area (Å²) < 4.78 is 1.54. The van der Waals surface area contributed by atoms with Crippen molar-refractivity contribution in [3.63, 3.8) is 0 Å². The minimum Gasteiger partial charge on any atom is -0.343 e. The molecule has 2 N–H and O–H groups in total. The first-order chi connectivity index (χ1) is 7.60. The second-order valence-corrected chi connectivity index (χ2v) is 3.56. The number of nitriles is 1. The molecule has 1 aromatic rings.